The number of para-hydroxylation sites is 2. The summed E-state index contributed by atoms with van der Waals surface area (Å²) < 4.78 is 32.8. The Morgan fingerprint density at radius 3 is 2.06 bits per heavy atom. The third-order valence-corrected chi connectivity index (χ3v) is 6.39. The summed E-state index contributed by atoms with van der Waals surface area (Å²) >= 11 is 0. The molecule has 0 fully saturated rings. The van der Waals surface area contributed by atoms with Gasteiger partial charge in [0.25, 0.3) is 10.0 Å². The minimum absolute atomic E-state index is 0.0778. The molecule has 0 aliphatic heterocycles. The van der Waals surface area contributed by atoms with Gasteiger partial charge in [-0.3, -0.25) is 5.32 Å². The van der Waals surface area contributed by atoms with Gasteiger partial charge in [0.05, 0.1) is 22.9 Å². The molecule has 0 aliphatic rings. The Kier molecular flexibility index (Phi) is 7.34. The van der Waals surface area contributed by atoms with Gasteiger partial charge in [-0.1, -0.05) is 47.5 Å². The Hall–Kier alpha value is -3.85. The summed E-state index contributed by atoms with van der Waals surface area (Å²) in [4.78, 5) is 25.5. The summed E-state index contributed by atoms with van der Waals surface area (Å²) in [6.07, 6.45) is 0. The number of hydrogen-bond donors (Lipinski definition) is 2. The molecule has 0 saturated carbocycles. The number of benzene rings is 3. The maximum absolute atomic E-state index is 13.4. The van der Waals surface area contributed by atoms with Gasteiger partial charge >= 0.3 is 12.1 Å². The van der Waals surface area contributed by atoms with Crippen molar-refractivity contribution < 1.29 is 22.7 Å². The number of aryl methyl sites for hydroxylation is 2. The van der Waals surface area contributed by atoms with E-state index in [0.29, 0.717) is 22.3 Å². The number of amides is 4. The van der Waals surface area contributed by atoms with E-state index >= 15 is 0 Å². The molecule has 3 rings (SSSR count). The van der Waals surface area contributed by atoms with Gasteiger partial charge in [0.2, 0.25) is 0 Å². The van der Waals surface area contributed by atoms with Crippen LogP contribution < -0.4 is 19.7 Å². The van der Waals surface area contributed by atoms with E-state index in [9.17, 15) is 18.0 Å². The van der Waals surface area contributed by atoms with E-state index < -0.39 is 22.1 Å². The normalized spacial score (nSPS) is 10.9. The Morgan fingerprint density at radius 2 is 1.45 bits per heavy atom. The SMILES string of the molecule is CCOc1ccccc1NC(=O)NC(=O)N(c1ccc(C)cc1)S(=O)(=O)c1ccc(C)cc1. The Morgan fingerprint density at radius 1 is 0.879 bits per heavy atom. The molecule has 4 amide bonds. The number of ether oxygens (including phenoxy) is 1. The fourth-order valence-electron chi connectivity index (χ4n) is 3.01. The zero-order chi connectivity index (χ0) is 24.0. The zero-order valence-corrected chi connectivity index (χ0v) is 19.3. The van der Waals surface area contributed by atoms with Crippen molar-refractivity contribution in [2.75, 3.05) is 16.2 Å². The highest BCUT2D eigenvalue weighted by Gasteiger charge is 2.32. The van der Waals surface area contributed by atoms with Crippen molar-refractivity contribution in [2.24, 2.45) is 0 Å². The number of urea groups is 2. The molecule has 3 aromatic carbocycles. The number of anilines is 2. The smallest absolute Gasteiger partial charge is 0.344 e. The zero-order valence-electron chi connectivity index (χ0n) is 18.5. The van der Waals surface area contributed by atoms with Gasteiger partial charge in [-0.2, -0.15) is 4.31 Å². The molecule has 0 bridgehead atoms. The van der Waals surface area contributed by atoms with Crippen molar-refractivity contribution in [3.8, 4) is 5.75 Å². The third kappa shape index (κ3) is 5.69. The summed E-state index contributed by atoms with van der Waals surface area (Å²) in [5, 5.41) is 4.62. The van der Waals surface area contributed by atoms with Crippen LogP contribution in [-0.2, 0) is 10.0 Å². The van der Waals surface area contributed by atoms with E-state index in [-0.39, 0.29) is 10.6 Å². The minimum Gasteiger partial charge on any atom is -0.492 e. The van der Waals surface area contributed by atoms with Crippen LogP contribution in [0.1, 0.15) is 18.1 Å². The fraction of sp³-hybridized carbons (Fsp3) is 0.167. The summed E-state index contributed by atoms with van der Waals surface area (Å²) in [6, 6.07) is 17.2. The van der Waals surface area contributed by atoms with Crippen molar-refractivity contribution in [3.63, 3.8) is 0 Å². The fourth-order valence-corrected chi connectivity index (χ4v) is 4.37. The Balaban J connectivity index is 1.91. The quantitative estimate of drug-likeness (QED) is 0.540. The molecule has 9 heteroatoms. The van der Waals surface area contributed by atoms with Crippen LogP contribution in [0.15, 0.2) is 77.7 Å². The molecular weight excluding hydrogens is 442 g/mol. The van der Waals surface area contributed by atoms with Crippen LogP contribution in [-0.4, -0.2) is 27.1 Å². The maximum Gasteiger partial charge on any atom is 0.344 e. The molecule has 2 N–H and O–H groups in total. The summed E-state index contributed by atoms with van der Waals surface area (Å²) in [6.45, 7) is 5.85. The molecule has 0 aromatic heterocycles. The molecule has 8 nitrogen and oxygen atoms in total. The van der Waals surface area contributed by atoms with Gasteiger partial charge in [0, 0.05) is 0 Å². The van der Waals surface area contributed by atoms with Gasteiger partial charge < -0.3 is 10.1 Å². The number of imide groups is 1. The number of nitrogens with one attached hydrogen (secondary N) is 2. The monoisotopic (exact) mass is 467 g/mol. The van der Waals surface area contributed by atoms with E-state index in [1.54, 1.807) is 55.5 Å². The molecule has 0 spiro atoms. The molecule has 0 atom stereocenters. The van der Waals surface area contributed by atoms with Crippen molar-refractivity contribution in [1.82, 2.24) is 5.32 Å². The lowest BCUT2D eigenvalue weighted by atomic mass is 10.2. The number of carbonyl (C=O) groups is 2. The van der Waals surface area contributed by atoms with E-state index in [2.05, 4.69) is 10.6 Å². The van der Waals surface area contributed by atoms with Crippen LogP contribution in [0.2, 0.25) is 0 Å². The molecule has 3 aromatic rings. The van der Waals surface area contributed by atoms with Crippen LogP contribution in [0.3, 0.4) is 0 Å². The van der Waals surface area contributed by atoms with E-state index in [1.807, 2.05) is 13.8 Å². The molecule has 0 radical (unpaired) electrons. The number of sulfonamides is 1. The van der Waals surface area contributed by atoms with Crippen molar-refractivity contribution >= 4 is 33.5 Å². The summed E-state index contributed by atoms with van der Waals surface area (Å²) in [5.41, 5.74) is 2.19. The first kappa shape index (κ1) is 23.8. The van der Waals surface area contributed by atoms with Crippen LogP contribution >= 0.6 is 0 Å². The average molecular weight is 468 g/mol. The maximum atomic E-state index is 13.4. The van der Waals surface area contributed by atoms with Crippen molar-refractivity contribution in [2.45, 2.75) is 25.7 Å². The Labute approximate surface area is 193 Å². The lowest BCUT2D eigenvalue weighted by Gasteiger charge is -2.23. The number of rotatable bonds is 6. The lowest BCUT2D eigenvalue weighted by Crippen LogP contribution is -2.47. The first-order valence-corrected chi connectivity index (χ1v) is 11.7. The van der Waals surface area contributed by atoms with Crippen molar-refractivity contribution in [3.05, 3.63) is 83.9 Å². The van der Waals surface area contributed by atoms with Crippen LogP contribution in [0.4, 0.5) is 21.0 Å². The van der Waals surface area contributed by atoms with Gasteiger partial charge in [-0.25, -0.2) is 18.0 Å². The first-order valence-electron chi connectivity index (χ1n) is 10.2. The molecule has 33 heavy (non-hydrogen) atoms. The molecular formula is C24H25N3O5S. The summed E-state index contributed by atoms with van der Waals surface area (Å²) in [7, 11) is -4.30. The predicted molar refractivity (Wildman–Crippen MR) is 127 cm³/mol. The minimum atomic E-state index is -4.30. The predicted octanol–water partition coefficient (Wildman–Crippen LogP) is 4.84. The topological polar surface area (TPSA) is 105 Å². The van der Waals surface area contributed by atoms with Gasteiger partial charge in [0.1, 0.15) is 5.75 Å². The van der Waals surface area contributed by atoms with Crippen molar-refractivity contribution in [1.29, 1.82) is 0 Å². The largest absolute Gasteiger partial charge is 0.492 e. The molecule has 0 unspecified atom stereocenters. The van der Waals surface area contributed by atoms with Gasteiger partial charge in [-0.15, -0.1) is 0 Å². The van der Waals surface area contributed by atoms with Gasteiger partial charge in [0.15, 0.2) is 0 Å². The molecule has 0 aliphatic carbocycles. The molecule has 172 valence electrons. The first-order chi connectivity index (χ1) is 15.7. The second-order valence-corrected chi connectivity index (χ2v) is 9.02. The van der Waals surface area contributed by atoms with E-state index in [0.717, 1.165) is 11.1 Å². The molecule has 0 saturated heterocycles. The van der Waals surface area contributed by atoms with E-state index in [1.165, 1.54) is 24.3 Å². The average Bonchev–Trinajstić information content (AvgIpc) is 2.77. The van der Waals surface area contributed by atoms with Crippen LogP contribution in [0.25, 0.3) is 0 Å². The van der Waals surface area contributed by atoms with E-state index in [4.69, 9.17) is 4.74 Å². The number of nitrogens with zero attached hydrogens (tertiary/aromatic N) is 1. The number of hydrogen-bond acceptors (Lipinski definition) is 5. The van der Waals surface area contributed by atoms with Crippen LogP contribution in [0.5, 0.6) is 5.75 Å². The van der Waals surface area contributed by atoms with Gasteiger partial charge in [-0.05, 0) is 57.2 Å². The highest BCUT2D eigenvalue weighted by Crippen LogP contribution is 2.26. The standard InChI is InChI=1S/C24H25N3O5S/c1-4-32-22-8-6-5-7-21(22)25-23(28)26-24(29)27(19-13-9-17(2)10-14-19)33(30,31)20-15-11-18(3)12-16-20/h5-16H,4H2,1-3H3,(H2,25,26,28,29). The molecule has 0 heterocycles. The highest BCUT2D eigenvalue weighted by molar-refractivity contribution is 7.93. The lowest BCUT2D eigenvalue weighted by molar-refractivity contribution is 0.238. The van der Waals surface area contributed by atoms with Crippen LogP contribution in [0, 0.1) is 13.8 Å². The number of carbonyl (C=O) groups excluding carboxylic acids is 2. The highest BCUT2D eigenvalue weighted by atomic mass is 32.2. The Bertz CT molecular complexity index is 1240. The second-order valence-electron chi connectivity index (χ2n) is 7.23. The third-order valence-electron chi connectivity index (χ3n) is 4.67. The summed E-state index contributed by atoms with van der Waals surface area (Å²) in [5.74, 6) is 0.422. The second kappa shape index (κ2) is 10.2.